The van der Waals surface area contributed by atoms with Crippen LogP contribution in [0.1, 0.15) is 13.3 Å². The van der Waals surface area contributed by atoms with Crippen molar-refractivity contribution in [3.63, 3.8) is 0 Å². The van der Waals surface area contributed by atoms with E-state index in [1.165, 1.54) is 11.0 Å². The summed E-state index contributed by atoms with van der Waals surface area (Å²) in [5.41, 5.74) is 7.79. The molecule has 1 fully saturated rings. The first kappa shape index (κ1) is 19.6. The fraction of sp³-hybridized carbons (Fsp3) is 0.238. The quantitative estimate of drug-likeness (QED) is 0.649. The molecule has 0 aliphatic carbocycles. The van der Waals surface area contributed by atoms with Gasteiger partial charge in [0.05, 0.1) is 29.8 Å². The number of aromatic amines is 1. The number of benzene rings is 1. The van der Waals surface area contributed by atoms with E-state index in [2.05, 4.69) is 15.2 Å². The average molecular weight is 409 g/mol. The van der Waals surface area contributed by atoms with Crippen LogP contribution >= 0.6 is 0 Å². The third kappa shape index (κ3) is 3.73. The minimum atomic E-state index is -0.584. The Labute approximate surface area is 171 Å². The first-order chi connectivity index (χ1) is 14.4. The molecule has 2 atom stereocenters. The smallest absolute Gasteiger partial charge is 0.414 e. The van der Waals surface area contributed by atoms with Crippen LogP contribution in [0.3, 0.4) is 0 Å². The minimum absolute atomic E-state index is 0.221. The Morgan fingerprint density at radius 2 is 2.20 bits per heavy atom. The number of anilines is 1. The van der Waals surface area contributed by atoms with Gasteiger partial charge in [-0.3, -0.25) is 19.8 Å². The highest BCUT2D eigenvalue weighted by atomic mass is 19.1. The molecule has 1 aliphatic rings. The highest BCUT2D eigenvalue weighted by Crippen LogP contribution is 2.33. The van der Waals surface area contributed by atoms with Gasteiger partial charge in [-0.2, -0.15) is 5.10 Å². The molecule has 0 saturated carbocycles. The molecule has 3 aromatic rings. The Bertz CT molecular complexity index is 1090. The second-order valence-electron chi connectivity index (χ2n) is 7.19. The fourth-order valence-corrected chi connectivity index (χ4v) is 3.45. The van der Waals surface area contributed by atoms with E-state index in [4.69, 9.17) is 10.5 Å². The SMILES string of the molecule is CC(CC1CN(c2ccc(-c3[nH]ncc3-c3ccccn3)c(F)c2)C(=O)O1)C(N)=O. The van der Waals surface area contributed by atoms with Crippen molar-refractivity contribution in [1.82, 2.24) is 15.2 Å². The summed E-state index contributed by atoms with van der Waals surface area (Å²) in [6.07, 6.45) is 2.50. The van der Waals surface area contributed by atoms with Gasteiger partial charge >= 0.3 is 6.09 Å². The number of ether oxygens (including phenoxy) is 1. The largest absolute Gasteiger partial charge is 0.444 e. The van der Waals surface area contributed by atoms with E-state index in [1.807, 2.05) is 12.1 Å². The zero-order valence-corrected chi connectivity index (χ0v) is 16.2. The molecule has 3 heterocycles. The molecular weight excluding hydrogens is 389 g/mol. The zero-order chi connectivity index (χ0) is 21.3. The van der Waals surface area contributed by atoms with Crippen LogP contribution in [0, 0.1) is 11.7 Å². The maximum atomic E-state index is 15.0. The van der Waals surface area contributed by atoms with E-state index >= 15 is 0 Å². The summed E-state index contributed by atoms with van der Waals surface area (Å²) in [6, 6.07) is 9.95. The van der Waals surface area contributed by atoms with Crippen molar-refractivity contribution in [2.45, 2.75) is 19.4 Å². The molecule has 154 valence electrons. The molecule has 2 unspecified atom stereocenters. The number of carbonyl (C=O) groups excluding carboxylic acids is 2. The first-order valence-electron chi connectivity index (χ1n) is 9.46. The summed E-state index contributed by atoms with van der Waals surface area (Å²) >= 11 is 0. The molecule has 8 nitrogen and oxygen atoms in total. The second kappa shape index (κ2) is 7.94. The second-order valence-corrected chi connectivity index (χ2v) is 7.19. The Morgan fingerprint density at radius 3 is 2.90 bits per heavy atom. The molecule has 3 N–H and O–H groups in total. The van der Waals surface area contributed by atoms with Gasteiger partial charge in [0.2, 0.25) is 5.91 Å². The van der Waals surface area contributed by atoms with Crippen LogP contribution in [0.2, 0.25) is 0 Å². The van der Waals surface area contributed by atoms with Gasteiger partial charge in [0, 0.05) is 23.2 Å². The van der Waals surface area contributed by atoms with E-state index in [9.17, 15) is 14.0 Å². The highest BCUT2D eigenvalue weighted by molar-refractivity contribution is 5.90. The number of nitrogens with two attached hydrogens (primary N) is 1. The predicted octanol–water partition coefficient (Wildman–Crippen LogP) is 3.11. The number of nitrogens with one attached hydrogen (secondary N) is 1. The van der Waals surface area contributed by atoms with Crippen molar-refractivity contribution in [3.05, 3.63) is 54.6 Å². The van der Waals surface area contributed by atoms with Gasteiger partial charge in [-0.15, -0.1) is 0 Å². The number of nitrogens with zero attached hydrogens (tertiary/aromatic N) is 3. The lowest BCUT2D eigenvalue weighted by Crippen LogP contribution is -2.28. The van der Waals surface area contributed by atoms with E-state index < -0.39 is 29.8 Å². The van der Waals surface area contributed by atoms with Crippen molar-refractivity contribution in [1.29, 1.82) is 0 Å². The normalized spacial score (nSPS) is 17.1. The summed E-state index contributed by atoms with van der Waals surface area (Å²) in [4.78, 5) is 29.1. The summed E-state index contributed by atoms with van der Waals surface area (Å²) < 4.78 is 20.3. The zero-order valence-electron chi connectivity index (χ0n) is 16.2. The molecular formula is C21H20FN5O3. The topological polar surface area (TPSA) is 114 Å². The van der Waals surface area contributed by atoms with Gasteiger partial charge in [-0.05, 0) is 36.8 Å². The van der Waals surface area contributed by atoms with E-state index in [-0.39, 0.29) is 6.54 Å². The lowest BCUT2D eigenvalue weighted by molar-refractivity contribution is -0.122. The monoisotopic (exact) mass is 409 g/mol. The predicted molar refractivity (Wildman–Crippen MR) is 108 cm³/mol. The van der Waals surface area contributed by atoms with Gasteiger partial charge < -0.3 is 10.5 Å². The number of amides is 2. The van der Waals surface area contributed by atoms with E-state index in [0.717, 1.165) is 0 Å². The number of H-pyrrole nitrogens is 1. The van der Waals surface area contributed by atoms with Gasteiger partial charge in [-0.25, -0.2) is 9.18 Å². The van der Waals surface area contributed by atoms with Crippen molar-refractivity contribution in [2.24, 2.45) is 11.7 Å². The van der Waals surface area contributed by atoms with Gasteiger partial charge in [0.1, 0.15) is 11.9 Å². The van der Waals surface area contributed by atoms with Crippen LogP contribution < -0.4 is 10.6 Å². The van der Waals surface area contributed by atoms with Gasteiger partial charge in [0.15, 0.2) is 0 Å². The lowest BCUT2D eigenvalue weighted by atomic mass is 10.0. The third-order valence-corrected chi connectivity index (χ3v) is 5.09. The number of primary amides is 1. The van der Waals surface area contributed by atoms with Crippen molar-refractivity contribution >= 4 is 17.7 Å². The third-order valence-electron chi connectivity index (χ3n) is 5.09. The molecule has 2 amide bonds. The Hall–Kier alpha value is -3.75. The molecule has 2 aromatic heterocycles. The molecule has 1 saturated heterocycles. The molecule has 1 aliphatic heterocycles. The fourth-order valence-electron chi connectivity index (χ4n) is 3.45. The van der Waals surface area contributed by atoms with Crippen molar-refractivity contribution < 1.29 is 18.7 Å². The average Bonchev–Trinajstić information content (AvgIpc) is 3.35. The first-order valence-corrected chi connectivity index (χ1v) is 9.46. The van der Waals surface area contributed by atoms with Crippen LogP contribution in [0.4, 0.5) is 14.9 Å². The van der Waals surface area contributed by atoms with E-state index in [0.29, 0.717) is 34.6 Å². The molecule has 0 radical (unpaired) electrons. The van der Waals surface area contributed by atoms with E-state index in [1.54, 1.807) is 37.5 Å². The number of hydrogen-bond donors (Lipinski definition) is 2. The molecule has 0 spiro atoms. The number of rotatable bonds is 6. The highest BCUT2D eigenvalue weighted by Gasteiger charge is 2.34. The number of hydrogen-bond acceptors (Lipinski definition) is 5. The van der Waals surface area contributed by atoms with Crippen molar-refractivity contribution in [3.8, 4) is 22.5 Å². The van der Waals surface area contributed by atoms with Crippen LogP contribution in [0.5, 0.6) is 0 Å². The van der Waals surface area contributed by atoms with Gasteiger partial charge in [0.25, 0.3) is 0 Å². The standard InChI is InChI=1S/C21H20FN5O3/c1-12(20(23)28)8-14-11-27(21(29)30-14)13-5-6-15(17(22)9-13)19-16(10-25-26-19)18-4-2-3-7-24-18/h2-7,9-10,12,14H,8,11H2,1H3,(H2,23,28)(H,25,26). The lowest BCUT2D eigenvalue weighted by Gasteiger charge is -2.15. The number of pyridine rings is 1. The van der Waals surface area contributed by atoms with Crippen LogP contribution in [0.25, 0.3) is 22.5 Å². The minimum Gasteiger partial charge on any atom is -0.444 e. The van der Waals surface area contributed by atoms with Crippen LogP contribution in [-0.4, -0.2) is 39.8 Å². The maximum absolute atomic E-state index is 15.0. The maximum Gasteiger partial charge on any atom is 0.414 e. The Balaban J connectivity index is 1.57. The summed E-state index contributed by atoms with van der Waals surface area (Å²) in [5, 5.41) is 6.85. The van der Waals surface area contributed by atoms with Crippen LogP contribution in [0.15, 0.2) is 48.8 Å². The van der Waals surface area contributed by atoms with Crippen molar-refractivity contribution in [2.75, 3.05) is 11.4 Å². The molecule has 4 rings (SSSR count). The Morgan fingerprint density at radius 1 is 1.37 bits per heavy atom. The summed E-state index contributed by atoms with van der Waals surface area (Å²) in [5.74, 6) is -1.40. The van der Waals surface area contributed by atoms with Crippen LogP contribution in [-0.2, 0) is 9.53 Å². The summed E-state index contributed by atoms with van der Waals surface area (Å²) in [6.45, 7) is 1.90. The van der Waals surface area contributed by atoms with Gasteiger partial charge in [-0.1, -0.05) is 13.0 Å². The Kier molecular flexibility index (Phi) is 5.18. The molecule has 0 bridgehead atoms. The number of cyclic esters (lactones) is 1. The number of halogens is 1. The molecule has 9 heteroatoms. The number of carbonyl (C=O) groups is 2. The summed E-state index contributed by atoms with van der Waals surface area (Å²) in [7, 11) is 0. The molecule has 30 heavy (non-hydrogen) atoms. The molecule has 1 aromatic carbocycles. The number of aromatic nitrogens is 3.